The topological polar surface area (TPSA) is 113 Å². The highest BCUT2D eigenvalue weighted by molar-refractivity contribution is 6.34. The van der Waals surface area contributed by atoms with Gasteiger partial charge >= 0.3 is 12.1 Å². The highest BCUT2D eigenvalue weighted by Crippen LogP contribution is 2.60. The van der Waals surface area contributed by atoms with Crippen LogP contribution in [0.15, 0.2) is 18.2 Å². The molecule has 2 N–H and O–H groups in total. The van der Waals surface area contributed by atoms with Crippen LogP contribution in [0.2, 0.25) is 5.02 Å². The molecule has 1 aromatic carbocycles. The first-order valence-electron chi connectivity index (χ1n) is 15.9. The van der Waals surface area contributed by atoms with Crippen LogP contribution in [0.4, 0.5) is 13.2 Å². The second kappa shape index (κ2) is 11.4. The van der Waals surface area contributed by atoms with Gasteiger partial charge in [-0.15, -0.1) is 0 Å². The van der Waals surface area contributed by atoms with Gasteiger partial charge < -0.3 is 15.1 Å². The molecule has 45 heavy (non-hydrogen) atoms. The summed E-state index contributed by atoms with van der Waals surface area (Å²) in [7, 11) is 0. The van der Waals surface area contributed by atoms with Crippen LogP contribution in [-0.2, 0) is 33.3 Å². The van der Waals surface area contributed by atoms with E-state index >= 15 is 0 Å². The van der Waals surface area contributed by atoms with E-state index in [0.29, 0.717) is 69.4 Å². The number of aromatic nitrogens is 2. The van der Waals surface area contributed by atoms with E-state index in [2.05, 4.69) is 0 Å². The van der Waals surface area contributed by atoms with Crippen LogP contribution < -0.4 is 0 Å². The van der Waals surface area contributed by atoms with Crippen molar-refractivity contribution in [1.29, 1.82) is 0 Å². The number of amides is 1. The Labute approximate surface area is 264 Å². The molecule has 2 saturated carbocycles. The molecule has 8 nitrogen and oxygen atoms in total. The quantitative estimate of drug-likeness (QED) is 0.431. The summed E-state index contributed by atoms with van der Waals surface area (Å²) >= 11 is 6.52. The van der Waals surface area contributed by atoms with E-state index in [0.717, 1.165) is 5.56 Å². The van der Waals surface area contributed by atoms with Crippen molar-refractivity contribution < 1.29 is 37.8 Å². The summed E-state index contributed by atoms with van der Waals surface area (Å²) in [5.74, 6) is -2.76. The first-order chi connectivity index (χ1) is 21.2. The number of fused-ring (bicyclic) bond motifs is 1. The third-order valence-electron chi connectivity index (χ3n) is 11.0. The highest BCUT2D eigenvalue weighted by atomic mass is 35.5. The molecule has 1 saturated heterocycles. The maximum atomic E-state index is 14.4. The fraction of sp³-hybridized carbons (Fsp3) is 0.636. The number of benzene rings is 1. The maximum absolute atomic E-state index is 14.4. The normalized spacial score (nSPS) is 28.4. The zero-order chi connectivity index (χ0) is 32.5. The third kappa shape index (κ3) is 5.47. The SMILES string of the molecule is CC1CC(C)(c2nn(C(=O)c3c(Cl)cccc3C3(C(F)(F)F)CC3)c3c2CCC(C(=O)N2CCC(O)CC2)C3)CCC1C(=O)O. The summed E-state index contributed by atoms with van der Waals surface area (Å²) in [6, 6.07) is 4.16. The molecule has 0 radical (unpaired) electrons. The van der Waals surface area contributed by atoms with Crippen LogP contribution in [0, 0.1) is 17.8 Å². The summed E-state index contributed by atoms with van der Waals surface area (Å²) < 4.78 is 44.2. The van der Waals surface area contributed by atoms with Gasteiger partial charge in [-0.1, -0.05) is 37.6 Å². The van der Waals surface area contributed by atoms with Crippen molar-refractivity contribution in [3.63, 3.8) is 0 Å². The number of carboxylic acids is 1. The number of aliphatic hydroxyl groups excluding tert-OH is 1. The molecule has 6 rings (SSSR count). The van der Waals surface area contributed by atoms with Crippen molar-refractivity contribution >= 4 is 29.4 Å². The number of carbonyl (C=O) groups excluding carboxylic acids is 2. The van der Waals surface area contributed by atoms with E-state index in [9.17, 15) is 37.8 Å². The second-order valence-corrected chi connectivity index (χ2v) is 14.4. The van der Waals surface area contributed by atoms with Gasteiger partial charge in [0.1, 0.15) is 0 Å². The lowest BCUT2D eigenvalue weighted by atomic mass is 9.64. The molecule has 3 aliphatic carbocycles. The Kier molecular flexibility index (Phi) is 8.12. The predicted molar refractivity (Wildman–Crippen MR) is 159 cm³/mol. The Balaban J connectivity index is 1.42. The van der Waals surface area contributed by atoms with Crippen LogP contribution in [0.25, 0.3) is 0 Å². The number of nitrogens with zero attached hydrogens (tertiary/aromatic N) is 3. The molecule has 1 aliphatic heterocycles. The molecule has 4 aliphatic rings. The Morgan fingerprint density at radius 2 is 1.76 bits per heavy atom. The molecule has 3 fully saturated rings. The number of hydrogen-bond acceptors (Lipinski definition) is 5. The van der Waals surface area contributed by atoms with Gasteiger partial charge in [0.05, 0.1) is 39.4 Å². The molecule has 244 valence electrons. The molecular formula is C33H39ClF3N3O5. The van der Waals surface area contributed by atoms with Crippen LogP contribution in [-0.4, -0.2) is 68.0 Å². The number of aliphatic carboxylic acids is 1. The van der Waals surface area contributed by atoms with Crippen molar-refractivity contribution in [2.24, 2.45) is 17.8 Å². The molecule has 2 aromatic rings. The summed E-state index contributed by atoms with van der Waals surface area (Å²) in [5.41, 5.74) is -1.11. The van der Waals surface area contributed by atoms with Gasteiger partial charge in [-0.25, -0.2) is 4.68 Å². The Morgan fingerprint density at radius 1 is 1.07 bits per heavy atom. The molecule has 0 bridgehead atoms. The van der Waals surface area contributed by atoms with Gasteiger partial charge in [0.25, 0.3) is 5.91 Å². The summed E-state index contributed by atoms with van der Waals surface area (Å²) in [4.78, 5) is 41.7. The monoisotopic (exact) mass is 649 g/mol. The highest BCUT2D eigenvalue weighted by Gasteiger charge is 2.65. The number of aliphatic hydroxyl groups is 1. The van der Waals surface area contributed by atoms with Crippen molar-refractivity contribution in [2.45, 2.75) is 101 Å². The largest absolute Gasteiger partial charge is 0.481 e. The van der Waals surface area contributed by atoms with Gasteiger partial charge in [0.2, 0.25) is 5.91 Å². The number of piperidine rings is 1. The minimum atomic E-state index is -4.56. The number of rotatable bonds is 5. The summed E-state index contributed by atoms with van der Waals surface area (Å²) in [5, 5.41) is 24.4. The third-order valence-corrected chi connectivity index (χ3v) is 11.3. The van der Waals surface area contributed by atoms with Gasteiger partial charge in [0, 0.05) is 30.8 Å². The minimum Gasteiger partial charge on any atom is -0.481 e. The minimum absolute atomic E-state index is 0.0662. The van der Waals surface area contributed by atoms with E-state index in [4.69, 9.17) is 16.7 Å². The summed E-state index contributed by atoms with van der Waals surface area (Å²) in [6.45, 7) is 4.79. The molecule has 12 heteroatoms. The predicted octanol–water partition coefficient (Wildman–Crippen LogP) is 5.69. The lowest BCUT2D eigenvalue weighted by molar-refractivity contribution is -0.160. The van der Waals surface area contributed by atoms with Crippen molar-refractivity contribution in [3.8, 4) is 0 Å². The lowest BCUT2D eigenvalue weighted by Crippen LogP contribution is -2.44. The number of carboxylic acid groups (broad SMARTS) is 1. The summed E-state index contributed by atoms with van der Waals surface area (Å²) in [6.07, 6.45) is -1.63. The van der Waals surface area contributed by atoms with Gasteiger partial charge in [-0.3, -0.25) is 14.4 Å². The van der Waals surface area contributed by atoms with E-state index in [1.807, 2.05) is 13.8 Å². The van der Waals surface area contributed by atoms with E-state index in [1.165, 1.54) is 22.9 Å². The maximum Gasteiger partial charge on any atom is 0.398 e. The Morgan fingerprint density at radius 3 is 2.36 bits per heavy atom. The van der Waals surface area contributed by atoms with E-state index in [1.54, 1.807) is 4.90 Å². The number of alkyl halides is 3. The average molecular weight is 650 g/mol. The zero-order valence-electron chi connectivity index (χ0n) is 25.5. The fourth-order valence-electron chi connectivity index (χ4n) is 8.19. The standard InChI is InChI=1S/C33H39ClF3N3O5/c1-18-17-31(2,11-8-21(18)30(44)45)27-22-7-6-19(28(42)39-14-9-20(41)10-15-39)16-25(22)40(38-27)29(43)26-23(4-3-5-24(26)34)32(12-13-32)33(35,36)37/h3-5,18-21,41H,6-17H2,1-2H3,(H,44,45). The molecule has 0 spiro atoms. The van der Waals surface area contributed by atoms with E-state index in [-0.39, 0.29) is 47.2 Å². The van der Waals surface area contributed by atoms with Crippen LogP contribution >= 0.6 is 11.6 Å². The van der Waals surface area contributed by atoms with Crippen molar-refractivity contribution in [3.05, 3.63) is 51.3 Å². The fourth-order valence-corrected chi connectivity index (χ4v) is 8.45. The van der Waals surface area contributed by atoms with Gasteiger partial charge in [0.15, 0.2) is 0 Å². The number of likely N-dealkylation sites (tertiary alicyclic amines) is 1. The smallest absolute Gasteiger partial charge is 0.398 e. The van der Waals surface area contributed by atoms with Crippen molar-refractivity contribution in [2.75, 3.05) is 13.1 Å². The average Bonchev–Trinajstić information content (AvgIpc) is 3.71. The van der Waals surface area contributed by atoms with Gasteiger partial charge in [-0.2, -0.15) is 18.3 Å². The molecule has 4 atom stereocenters. The Bertz CT molecular complexity index is 1530. The number of hydrogen-bond donors (Lipinski definition) is 2. The lowest BCUT2D eigenvalue weighted by Gasteiger charge is -2.40. The first-order valence-corrected chi connectivity index (χ1v) is 16.3. The van der Waals surface area contributed by atoms with Crippen LogP contribution in [0.1, 0.15) is 98.1 Å². The van der Waals surface area contributed by atoms with Crippen LogP contribution in [0.5, 0.6) is 0 Å². The van der Waals surface area contributed by atoms with Crippen LogP contribution in [0.3, 0.4) is 0 Å². The molecule has 4 unspecified atom stereocenters. The Hall–Kier alpha value is -2.92. The zero-order valence-corrected chi connectivity index (χ0v) is 26.3. The molecule has 1 amide bonds. The second-order valence-electron chi connectivity index (χ2n) is 14.0. The number of carbonyl (C=O) groups is 3. The first kappa shape index (κ1) is 32.0. The molecule has 1 aromatic heterocycles. The molecule has 2 heterocycles. The van der Waals surface area contributed by atoms with E-state index < -0.39 is 46.8 Å². The molecular weight excluding hydrogens is 611 g/mol. The van der Waals surface area contributed by atoms with Gasteiger partial charge in [-0.05, 0) is 80.9 Å². The van der Waals surface area contributed by atoms with Crippen molar-refractivity contribution in [1.82, 2.24) is 14.7 Å². The number of halogens is 4.